The summed E-state index contributed by atoms with van der Waals surface area (Å²) in [7, 11) is 1.76. The first-order valence-electron chi connectivity index (χ1n) is 8.88. The topological polar surface area (TPSA) is 56.7 Å². The van der Waals surface area contributed by atoms with Crippen molar-refractivity contribution in [2.24, 2.45) is 4.99 Å². The van der Waals surface area contributed by atoms with E-state index >= 15 is 0 Å². The fourth-order valence-corrected chi connectivity index (χ4v) is 3.83. The molecule has 134 valence electrons. The predicted molar refractivity (Wildman–Crippen MR) is 102 cm³/mol. The van der Waals surface area contributed by atoms with Crippen molar-refractivity contribution in [3.63, 3.8) is 0 Å². The molecule has 1 aliphatic heterocycles. The van der Waals surface area contributed by atoms with Crippen molar-refractivity contribution in [3.05, 3.63) is 22.4 Å². The molecule has 1 aliphatic rings. The molecule has 2 atom stereocenters. The molecule has 1 fully saturated rings. The van der Waals surface area contributed by atoms with Gasteiger partial charge in [-0.25, -0.2) is 0 Å². The summed E-state index contributed by atoms with van der Waals surface area (Å²) in [6.45, 7) is 6.70. The van der Waals surface area contributed by atoms with Crippen LogP contribution in [0, 0.1) is 0 Å². The van der Waals surface area contributed by atoms with Crippen LogP contribution in [-0.2, 0) is 4.79 Å². The Labute approximate surface area is 149 Å². The molecular weight excluding hydrogens is 320 g/mol. The van der Waals surface area contributed by atoms with Crippen LogP contribution in [0.25, 0.3) is 0 Å². The Balaban J connectivity index is 1.68. The fraction of sp³-hybridized carbons (Fsp3) is 0.667. The second-order valence-electron chi connectivity index (χ2n) is 6.52. The summed E-state index contributed by atoms with van der Waals surface area (Å²) in [5, 5.41) is 10.9. The zero-order valence-corrected chi connectivity index (χ0v) is 15.9. The van der Waals surface area contributed by atoms with Gasteiger partial charge in [-0.15, -0.1) is 0 Å². The lowest BCUT2D eigenvalue weighted by molar-refractivity contribution is -0.134. The highest BCUT2D eigenvalue weighted by molar-refractivity contribution is 7.07. The number of hydrogen-bond donors (Lipinski definition) is 2. The molecule has 6 heteroatoms. The Hall–Kier alpha value is -1.56. The van der Waals surface area contributed by atoms with Gasteiger partial charge in [0.25, 0.3) is 0 Å². The van der Waals surface area contributed by atoms with Crippen LogP contribution < -0.4 is 10.6 Å². The molecule has 0 aliphatic carbocycles. The molecule has 2 heterocycles. The summed E-state index contributed by atoms with van der Waals surface area (Å²) in [6, 6.07) is 2.54. The molecule has 0 aromatic carbocycles. The van der Waals surface area contributed by atoms with Crippen LogP contribution >= 0.6 is 11.3 Å². The summed E-state index contributed by atoms with van der Waals surface area (Å²) in [4.78, 5) is 18.6. The maximum Gasteiger partial charge on any atom is 0.224 e. The quantitative estimate of drug-likeness (QED) is 0.613. The molecule has 0 saturated carbocycles. The summed E-state index contributed by atoms with van der Waals surface area (Å²) >= 11 is 1.72. The molecule has 0 bridgehead atoms. The minimum atomic E-state index is 0.247. The van der Waals surface area contributed by atoms with E-state index in [0.717, 1.165) is 31.9 Å². The standard InChI is InChI=1S/C18H30N4OS/c1-14(16-8-11-24-13-16)12-21-18(19-3)20-9-7-17(23)22-10-5-4-6-15(22)2/h8,11,13-15H,4-7,9-10,12H2,1-3H3,(H2,19,20,21). The van der Waals surface area contributed by atoms with Gasteiger partial charge in [0.15, 0.2) is 5.96 Å². The first-order chi connectivity index (χ1) is 11.6. The van der Waals surface area contributed by atoms with Gasteiger partial charge in [0.2, 0.25) is 5.91 Å². The summed E-state index contributed by atoms with van der Waals surface area (Å²) in [5.41, 5.74) is 1.34. The number of thiophene rings is 1. The third-order valence-electron chi connectivity index (χ3n) is 4.67. The molecule has 5 nitrogen and oxygen atoms in total. The number of nitrogens with zero attached hydrogens (tertiary/aromatic N) is 2. The molecule has 0 radical (unpaired) electrons. The number of nitrogens with one attached hydrogen (secondary N) is 2. The number of piperidine rings is 1. The average molecular weight is 351 g/mol. The molecule has 1 aromatic rings. The second kappa shape index (κ2) is 9.67. The molecule has 1 saturated heterocycles. The highest BCUT2D eigenvalue weighted by atomic mass is 32.1. The van der Waals surface area contributed by atoms with E-state index in [-0.39, 0.29) is 5.91 Å². The van der Waals surface area contributed by atoms with E-state index in [1.807, 2.05) is 4.90 Å². The van der Waals surface area contributed by atoms with Crippen molar-refractivity contribution < 1.29 is 4.79 Å². The van der Waals surface area contributed by atoms with Crippen LogP contribution in [0.1, 0.15) is 51.0 Å². The van der Waals surface area contributed by atoms with Gasteiger partial charge in [0.1, 0.15) is 0 Å². The average Bonchev–Trinajstić information content (AvgIpc) is 3.12. The van der Waals surface area contributed by atoms with Gasteiger partial charge in [-0.05, 0) is 54.5 Å². The Morgan fingerprint density at radius 1 is 1.46 bits per heavy atom. The van der Waals surface area contributed by atoms with Crippen molar-refractivity contribution in [1.82, 2.24) is 15.5 Å². The molecule has 0 spiro atoms. The number of hydrogen-bond acceptors (Lipinski definition) is 3. The van der Waals surface area contributed by atoms with Gasteiger partial charge in [-0.2, -0.15) is 11.3 Å². The monoisotopic (exact) mass is 350 g/mol. The van der Waals surface area contributed by atoms with Crippen LogP contribution in [0.4, 0.5) is 0 Å². The molecule has 1 amide bonds. The van der Waals surface area contributed by atoms with Gasteiger partial charge in [-0.3, -0.25) is 9.79 Å². The van der Waals surface area contributed by atoms with Crippen molar-refractivity contribution >= 4 is 23.2 Å². The second-order valence-corrected chi connectivity index (χ2v) is 7.30. The number of aliphatic imine (C=N–C) groups is 1. The number of carbonyl (C=O) groups is 1. The van der Waals surface area contributed by atoms with E-state index < -0.39 is 0 Å². The zero-order valence-electron chi connectivity index (χ0n) is 15.0. The van der Waals surface area contributed by atoms with Crippen LogP contribution in [0.15, 0.2) is 21.8 Å². The van der Waals surface area contributed by atoms with E-state index in [1.165, 1.54) is 12.0 Å². The van der Waals surface area contributed by atoms with Crippen LogP contribution in [0.3, 0.4) is 0 Å². The molecular formula is C18H30N4OS. The summed E-state index contributed by atoms with van der Waals surface area (Å²) in [5.74, 6) is 1.44. The van der Waals surface area contributed by atoms with E-state index in [0.29, 0.717) is 24.9 Å². The molecule has 24 heavy (non-hydrogen) atoms. The lowest BCUT2D eigenvalue weighted by Crippen LogP contribution is -2.44. The van der Waals surface area contributed by atoms with Crippen LogP contribution in [-0.4, -0.2) is 49.5 Å². The molecule has 2 unspecified atom stereocenters. The van der Waals surface area contributed by atoms with Crippen molar-refractivity contribution in [3.8, 4) is 0 Å². The highest BCUT2D eigenvalue weighted by Crippen LogP contribution is 2.17. The van der Waals surface area contributed by atoms with Crippen LogP contribution in [0.5, 0.6) is 0 Å². The zero-order chi connectivity index (χ0) is 17.4. The summed E-state index contributed by atoms with van der Waals surface area (Å²) in [6.07, 6.45) is 4.02. The molecule has 2 N–H and O–H groups in total. The normalized spacial score (nSPS) is 19.9. The van der Waals surface area contributed by atoms with Crippen molar-refractivity contribution in [2.45, 2.75) is 51.5 Å². The largest absolute Gasteiger partial charge is 0.356 e. The van der Waals surface area contributed by atoms with Crippen molar-refractivity contribution in [2.75, 3.05) is 26.7 Å². The summed E-state index contributed by atoms with van der Waals surface area (Å²) < 4.78 is 0. The minimum absolute atomic E-state index is 0.247. The third-order valence-corrected chi connectivity index (χ3v) is 5.37. The van der Waals surface area contributed by atoms with Gasteiger partial charge < -0.3 is 15.5 Å². The number of rotatable bonds is 6. The van der Waals surface area contributed by atoms with E-state index in [4.69, 9.17) is 0 Å². The minimum Gasteiger partial charge on any atom is -0.356 e. The Morgan fingerprint density at radius 3 is 2.96 bits per heavy atom. The lowest BCUT2D eigenvalue weighted by atomic mass is 10.0. The molecule has 2 rings (SSSR count). The Morgan fingerprint density at radius 2 is 2.29 bits per heavy atom. The first-order valence-corrected chi connectivity index (χ1v) is 9.82. The number of likely N-dealkylation sites (tertiary alicyclic amines) is 1. The molecule has 1 aromatic heterocycles. The lowest BCUT2D eigenvalue weighted by Gasteiger charge is -2.33. The third kappa shape index (κ3) is 5.51. The van der Waals surface area contributed by atoms with Gasteiger partial charge in [0.05, 0.1) is 0 Å². The number of amides is 1. The van der Waals surface area contributed by atoms with Crippen molar-refractivity contribution in [1.29, 1.82) is 0 Å². The van der Waals surface area contributed by atoms with Gasteiger partial charge in [-0.1, -0.05) is 6.92 Å². The van der Waals surface area contributed by atoms with E-state index in [9.17, 15) is 4.79 Å². The van der Waals surface area contributed by atoms with Crippen LogP contribution in [0.2, 0.25) is 0 Å². The maximum absolute atomic E-state index is 12.3. The SMILES string of the molecule is CN=C(NCCC(=O)N1CCCCC1C)NCC(C)c1ccsc1. The maximum atomic E-state index is 12.3. The first kappa shape index (κ1) is 18.8. The smallest absolute Gasteiger partial charge is 0.224 e. The van der Waals surface area contributed by atoms with Gasteiger partial charge in [0, 0.05) is 39.1 Å². The number of carbonyl (C=O) groups excluding carboxylic acids is 1. The van der Waals surface area contributed by atoms with Gasteiger partial charge >= 0.3 is 0 Å². The van der Waals surface area contributed by atoms with E-state index in [1.54, 1.807) is 18.4 Å². The Kier molecular flexibility index (Phi) is 7.56. The number of guanidine groups is 1. The fourth-order valence-electron chi connectivity index (χ4n) is 3.04. The highest BCUT2D eigenvalue weighted by Gasteiger charge is 2.22. The van der Waals surface area contributed by atoms with E-state index in [2.05, 4.69) is 46.3 Å². The predicted octanol–water partition coefficient (Wildman–Crippen LogP) is 2.81. The Bertz CT molecular complexity index is 529.